The van der Waals surface area contributed by atoms with E-state index in [1.54, 1.807) is 36.6 Å². The molecule has 3 rings (SSSR count). The van der Waals surface area contributed by atoms with Crippen LogP contribution in [-0.2, 0) is 11.2 Å². The first kappa shape index (κ1) is 14.2. The van der Waals surface area contributed by atoms with E-state index in [1.165, 1.54) is 11.0 Å². The van der Waals surface area contributed by atoms with Gasteiger partial charge in [-0.2, -0.15) is 0 Å². The van der Waals surface area contributed by atoms with Gasteiger partial charge in [0.2, 0.25) is 5.91 Å². The highest BCUT2D eigenvalue weighted by Gasteiger charge is 2.09. The summed E-state index contributed by atoms with van der Waals surface area (Å²) in [6, 6.07) is 9.17. The molecule has 0 bridgehead atoms. The number of amides is 1. The van der Waals surface area contributed by atoms with Gasteiger partial charge in [0.05, 0.1) is 19.2 Å². The number of thiophene rings is 1. The van der Waals surface area contributed by atoms with Gasteiger partial charge < -0.3 is 10.1 Å². The average molecular weight is 315 g/mol. The molecule has 1 aromatic carbocycles. The highest BCUT2D eigenvalue weighted by atomic mass is 32.1. The molecule has 0 aliphatic rings. The van der Waals surface area contributed by atoms with Crippen LogP contribution in [0.25, 0.3) is 5.69 Å². The van der Waals surface area contributed by atoms with Crippen LogP contribution in [0.15, 0.2) is 42.0 Å². The van der Waals surface area contributed by atoms with E-state index in [0.717, 1.165) is 4.88 Å². The number of rotatable bonds is 5. The van der Waals surface area contributed by atoms with Gasteiger partial charge in [-0.05, 0) is 27.9 Å². The molecule has 112 valence electrons. The summed E-state index contributed by atoms with van der Waals surface area (Å²) < 4.78 is 6.75. The van der Waals surface area contributed by atoms with Gasteiger partial charge in [0.1, 0.15) is 12.1 Å². The SMILES string of the molecule is COc1cc(NC(=O)Cc2cccs2)cc(-n2cnnn2)c1. The quantitative estimate of drug-likeness (QED) is 0.778. The van der Waals surface area contributed by atoms with Crippen molar-refractivity contribution in [2.75, 3.05) is 12.4 Å². The van der Waals surface area contributed by atoms with Crippen LogP contribution in [0.2, 0.25) is 0 Å². The van der Waals surface area contributed by atoms with Crippen LogP contribution in [0.3, 0.4) is 0 Å². The highest BCUT2D eigenvalue weighted by Crippen LogP contribution is 2.23. The maximum atomic E-state index is 12.1. The van der Waals surface area contributed by atoms with Gasteiger partial charge in [-0.1, -0.05) is 6.07 Å². The lowest BCUT2D eigenvalue weighted by Crippen LogP contribution is -2.14. The van der Waals surface area contributed by atoms with E-state index >= 15 is 0 Å². The normalized spacial score (nSPS) is 10.4. The molecule has 1 N–H and O–H groups in total. The maximum absolute atomic E-state index is 12.1. The van der Waals surface area contributed by atoms with Crippen molar-refractivity contribution in [2.24, 2.45) is 0 Å². The zero-order chi connectivity index (χ0) is 15.4. The van der Waals surface area contributed by atoms with E-state index in [1.807, 2.05) is 17.5 Å². The molecular weight excluding hydrogens is 302 g/mol. The Kier molecular flexibility index (Phi) is 4.10. The van der Waals surface area contributed by atoms with Crippen molar-refractivity contribution in [1.82, 2.24) is 20.2 Å². The van der Waals surface area contributed by atoms with E-state index in [4.69, 9.17) is 4.74 Å². The Bertz CT molecular complexity index is 756. The number of anilines is 1. The van der Waals surface area contributed by atoms with Crippen LogP contribution < -0.4 is 10.1 Å². The number of hydrogen-bond acceptors (Lipinski definition) is 6. The third kappa shape index (κ3) is 3.29. The zero-order valence-electron chi connectivity index (χ0n) is 11.8. The Morgan fingerprint density at radius 2 is 2.32 bits per heavy atom. The number of aromatic nitrogens is 4. The van der Waals surface area contributed by atoms with Crippen molar-refractivity contribution in [2.45, 2.75) is 6.42 Å². The number of benzene rings is 1. The fourth-order valence-corrected chi connectivity index (χ4v) is 2.67. The van der Waals surface area contributed by atoms with E-state index in [2.05, 4.69) is 20.8 Å². The first-order chi connectivity index (χ1) is 10.7. The Morgan fingerprint density at radius 1 is 1.41 bits per heavy atom. The zero-order valence-corrected chi connectivity index (χ0v) is 12.6. The van der Waals surface area contributed by atoms with Crippen molar-refractivity contribution in [1.29, 1.82) is 0 Å². The minimum atomic E-state index is -0.0848. The molecule has 0 aliphatic carbocycles. The summed E-state index contributed by atoms with van der Waals surface area (Å²) in [6.45, 7) is 0. The number of nitrogens with one attached hydrogen (secondary N) is 1. The molecule has 0 fully saturated rings. The monoisotopic (exact) mass is 315 g/mol. The highest BCUT2D eigenvalue weighted by molar-refractivity contribution is 7.10. The molecule has 0 radical (unpaired) electrons. The third-order valence-corrected chi connectivity index (χ3v) is 3.82. The van der Waals surface area contributed by atoms with Crippen molar-refractivity contribution in [3.05, 3.63) is 46.9 Å². The second-order valence-corrected chi connectivity index (χ2v) is 5.51. The van der Waals surface area contributed by atoms with Gasteiger partial charge in [-0.25, -0.2) is 4.68 Å². The van der Waals surface area contributed by atoms with E-state index in [0.29, 0.717) is 23.5 Å². The van der Waals surface area contributed by atoms with Gasteiger partial charge in [-0.15, -0.1) is 16.4 Å². The smallest absolute Gasteiger partial charge is 0.229 e. The second kappa shape index (κ2) is 6.35. The van der Waals surface area contributed by atoms with Crippen LogP contribution >= 0.6 is 11.3 Å². The Labute approximate surface area is 130 Å². The summed E-state index contributed by atoms with van der Waals surface area (Å²) in [5, 5.41) is 15.8. The number of ether oxygens (including phenoxy) is 1. The van der Waals surface area contributed by atoms with Gasteiger partial charge in [0.15, 0.2) is 0 Å². The minimum absolute atomic E-state index is 0.0848. The molecule has 8 heteroatoms. The standard InChI is InChI=1S/C14H13N5O2S/c1-21-12-6-10(5-11(7-12)19-9-15-17-18-19)16-14(20)8-13-3-2-4-22-13/h2-7,9H,8H2,1H3,(H,16,20). The van der Waals surface area contributed by atoms with Gasteiger partial charge in [0, 0.05) is 22.7 Å². The number of tetrazole rings is 1. The first-order valence-electron chi connectivity index (χ1n) is 6.49. The van der Waals surface area contributed by atoms with Crippen LogP contribution in [-0.4, -0.2) is 33.2 Å². The lowest BCUT2D eigenvalue weighted by Gasteiger charge is -2.09. The summed E-state index contributed by atoms with van der Waals surface area (Å²) in [5.41, 5.74) is 1.34. The van der Waals surface area contributed by atoms with E-state index in [-0.39, 0.29) is 5.91 Å². The van der Waals surface area contributed by atoms with Crippen LogP contribution in [0.5, 0.6) is 5.75 Å². The summed E-state index contributed by atoms with van der Waals surface area (Å²) in [7, 11) is 1.57. The van der Waals surface area contributed by atoms with Crippen molar-refractivity contribution in [3.8, 4) is 11.4 Å². The molecule has 0 unspecified atom stereocenters. The molecule has 2 aromatic heterocycles. The molecule has 1 amide bonds. The largest absolute Gasteiger partial charge is 0.497 e. The fourth-order valence-electron chi connectivity index (χ4n) is 1.96. The number of hydrogen-bond donors (Lipinski definition) is 1. The molecule has 22 heavy (non-hydrogen) atoms. The van der Waals surface area contributed by atoms with Crippen LogP contribution in [0, 0.1) is 0 Å². The van der Waals surface area contributed by atoms with E-state index in [9.17, 15) is 4.79 Å². The lowest BCUT2D eigenvalue weighted by atomic mass is 10.2. The summed E-state index contributed by atoms with van der Waals surface area (Å²) in [4.78, 5) is 13.1. The number of carbonyl (C=O) groups is 1. The molecule has 3 aromatic rings. The number of carbonyl (C=O) groups excluding carboxylic acids is 1. The topological polar surface area (TPSA) is 81.9 Å². The van der Waals surface area contributed by atoms with Crippen LogP contribution in [0.1, 0.15) is 4.88 Å². The van der Waals surface area contributed by atoms with Gasteiger partial charge in [-0.3, -0.25) is 4.79 Å². The minimum Gasteiger partial charge on any atom is -0.497 e. The maximum Gasteiger partial charge on any atom is 0.229 e. The summed E-state index contributed by atoms with van der Waals surface area (Å²) >= 11 is 1.55. The Hall–Kier alpha value is -2.74. The molecule has 0 saturated heterocycles. The molecular formula is C14H13N5O2S. The van der Waals surface area contributed by atoms with Crippen molar-refractivity contribution >= 4 is 22.9 Å². The molecule has 2 heterocycles. The molecule has 0 aliphatic heterocycles. The summed E-state index contributed by atoms with van der Waals surface area (Å²) in [6.07, 6.45) is 1.82. The fraction of sp³-hybridized carbons (Fsp3) is 0.143. The third-order valence-electron chi connectivity index (χ3n) is 2.94. The predicted molar refractivity (Wildman–Crippen MR) is 82.4 cm³/mol. The molecule has 7 nitrogen and oxygen atoms in total. The average Bonchev–Trinajstić information content (AvgIpc) is 3.19. The van der Waals surface area contributed by atoms with Gasteiger partial charge >= 0.3 is 0 Å². The second-order valence-electron chi connectivity index (χ2n) is 4.48. The van der Waals surface area contributed by atoms with Crippen molar-refractivity contribution in [3.63, 3.8) is 0 Å². The Balaban J connectivity index is 1.80. The lowest BCUT2D eigenvalue weighted by molar-refractivity contribution is -0.115. The summed E-state index contributed by atoms with van der Waals surface area (Å²) in [5.74, 6) is 0.526. The molecule has 0 saturated carbocycles. The number of nitrogens with zero attached hydrogens (tertiary/aromatic N) is 4. The van der Waals surface area contributed by atoms with Crippen LogP contribution in [0.4, 0.5) is 5.69 Å². The molecule has 0 spiro atoms. The predicted octanol–water partition coefficient (Wildman–Crippen LogP) is 1.91. The first-order valence-corrected chi connectivity index (χ1v) is 7.37. The van der Waals surface area contributed by atoms with Crippen molar-refractivity contribution < 1.29 is 9.53 Å². The molecule has 0 atom stereocenters. The van der Waals surface area contributed by atoms with Gasteiger partial charge in [0.25, 0.3) is 0 Å². The number of methoxy groups -OCH3 is 1. The van der Waals surface area contributed by atoms with E-state index < -0.39 is 0 Å². The Morgan fingerprint density at radius 3 is 3.00 bits per heavy atom.